The first kappa shape index (κ1) is 15.4. The second kappa shape index (κ2) is 7.14. The number of hydrogen-bond donors (Lipinski definition) is 1. The van der Waals surface area contributed by atoms with Gasteiger partial charge in [-0.05, 0) is 42.3 Å². The number of hydrogen-bond acceptors (Lipinski definition) is 3. The van der Waals surface area contributed by atoms with Crippen molar-refractivity contribution in [2.24, 2.45) is 0 Å². The van der Waals surface area contributed by atoms with Crippen molar-refractivity contribution in [3.05, 3.63) is 48.0 Å². The fourth-order valence-electron chi connectivity index (χ4n) is 2.52. The summed E-state index contributed by atoms with van der Waals surface area (Å²) in [4.78, 5) is 0. The van der Waals surface area contributed by atoms with Gasteiger partial charge in [-0.1, -0.05) is 31.2 Å². The molecule has 0 amide bonds. The van der Waals surface area contributed by atoms with Crippen LogP contribution < -0.4 is 14.8 Å². The molecule has 0 aliphatic heterocycles. The Morgan fingerprint density at radius 3 is 2.19 bits per heavy atom. The van der Waals surface area contributed by atoms with Crippen molar-refractivity contribution in [2.75, 3.05) is 20.8 Å². The molecule has 21 heavy (non-hydrogen) atoms. The van der Waals surface area contributed by atoms with Crippen molar-refractivity contribution in [3.63, 3.8) is 0 Å². The molecule has 1 atom stereocenters. The highest BCUT2D eigenvalue weighted by Gasteiger charge is 2.12. The maximum Gasteiger partial charge on any atom is 0.123 e. The molecule has 0 spiro atoms. The Morgan fingerprint density at radius 2 is 1.62 bits per heavy atom. The van der Waals surface area contributed by atoms with Crippen LogP contribution in [0.25, 0.3) is 11.1 Å². The highest BCUT2D eigenvalue weighted by molar-refractivity contribution is 5.71. The average Bonchev–Trinajstić information content (AvgIpc) is 2.54. The van der Waals surface area contributed by atoms with Crippen molar-refractivity contribution in [1.29, 1.82) is 0 Å². The van der Waals surface area contributed by atoms with Crippen LogP contribution in [-0.2, 0) is 0 Å². The van der Waals surface area contributed by atoms with Crippen molar-refractivity contribution < 1.29 is 9.47 Å². The fourth-order valence-corrected chi connectivity index (χ4v) is 2.52. The molecular formula is C18H23NO2. The fraction of sp³-hybridized carbons (Fsp3) is 0.333. The minimum absolute atomic E-state index is 0.295. The largest absolute Gasteiger partial charge is 0.497 e. The summed E-state index contributed by atoms with van der Waals surface area (Å²) in [6, 6.07) is 14.7. The lowest BCUT2D eigenvalue weighted by Gasteiger charge is -2.18. The van der Waals surface area contributed by atoms with E-state index in [9.17, 15) is 0 Å². The summed E-state index contributed by atoms with van der Waals surface area (Å²) in [6.45, 7) is 5.24. The second-order valence-corrected chi connectivity index (χ2v) is 4.97. The predicted octanol–water partition coefficient (Wildman–Crippen LogP) is 4.04. The molecule has 0 radical (unpaired) electrons. The first-order valence-corrected chi connectivity index (χ1v) is 7.25. The summed E-state index contributed by atoms with van der Waals surface area (Å²) < 4.78 is 10.7. The Balaban J connectivity index is 2.51. The SMILES string of the molecule is CCNC(C)c1ccccc1-c1cc(OC)cc(OC)c1. The number of ether oxygens (including phenoxy) is 2. The van der Waals surface area contributed by atoms with Crippen LogP contribution in [0.5, 0.6) is 11.5 Å². The van der Waals surface area contributed by atoms with Crippen LogP contribution in [0, 0.1) is 0 Å². The standard InChI is InChI=1S/C18H23NO2/c1-5-19-13(2)17-8-6-7-9-18(17)14-10-15(20-3)12-16(11-14)21-4/h6-13,19H,5H2,1-4H3. The molecule has 2 aromatic carbocycles. The van der Waals surface area contributed by atoms with E-state index < -0.39 is 0 Å². The third kappa shape index (κ3) is 3.56. The third-order valence-corrected chi connectivity index (χ3v) is 3.60. The number of methoxy groups -OCH3 is 2. The summed E-state index contributed by atoms with van der Waals surface area (Å²) in [5.74, 6) is 1.60. The van der Waals surface area contributed by atoms with Crippen LogP contribution in [0.3, 0.4) is 0 Å². The molecule has 0 aliphatic rings. The van der Waals surface area contributed by atoms with Crippen LogP contribution in [0.15, 0.2) is 42.5 Å². The van der Waals surface area contributed by atoms with Gasteiger partial charge in [0.2, 0.25) is 0 Å². The van der Waals surface area contributed by atoms with E-state index in [0.717, 1.165) is 23.6 Å². The lowest BCUT2D eigenvalue weighted by Crippen LogP contribution is -2.18. The van der Waals surface area contributed by atoms with Crippen LogP contribution in [0.1, 0.15) is 25.5 Å². The second-order valence-electron chi connectivity index (χ2n) is 4.97. The Kier molecular flexibility index (Phi) is 5.23. The van der Waals surface area contributed by atoms with E-state index >= 15 is 0 Å². The van der Waals surface area contributed by atoms with E-state index in [1.807, 2.05) is 18.2 Å². The molecule has 0 aromatic heterocycles. The Bertz CT molecular complexity index is 573. The first-order chi connectivity index (χ1) is 10.2. The molecule has 1 unspecified atom stereocenters. The molecule has 0 saturated heterocycles. The molecular weight excluding hydrogens is 262 g/mol. The Hall–Kier alpha value is -2.00. The summed E-state index contributed by atoms with van der Waals surface area (Å²) in [6.07, 6.45) is 0. The molecule has 0 saturated carbocycles. The van der Waals surface area contributed by atoms with Crippen molar-refractivity contribution >= 4 is 0 Å². The van der Waals surface area contributed by atoms with Gasteiger partial charge in [-0.3, -0.25) is 0 Å². The summed E-state index contributed by atoms with van der Waals surface area (Å²) in [5.41, 5.74) is 3.57. The van der Waals surface area contributed by atoms with Crippen molar-refractivity contribution in [1.82, 2.24) is 5.32 Å². The molecule has 3 heteroatoms. The quantitative estimate of drug-likeness (QED) is 0.869. The van der Waals surface area contributed by atoms with Crippen LogP contribution in [0.2, 0.25) is 0 Å². The number of nitrogens with one attached hydrogen (secondary N) is 1. The van der Waals surface area contributed by atoms with Crippen LogP contribution in [0.4, 0.5) is 0 Å². The summed E-state index contributed by atoms with van der Waals surface area (Å²) in [5, 5.41) is 3.47. The molecule has 112 valence electrons. The molecule has 2 aromatic rings. The molecule has 3 nitrogen and oxygen atoms in total. The topological polar surface area (TPSA) is 30.5 Å². The monoisotopic (exact) mass is 285 g/mol. The van der Waals surface area contributed by atoms with Crippen LogP contribution in [-0.4, -0.2) is 20.8 Å². The van der Waals surface area contributed by atoms with Gasteiger partial charge in [0.05, 0.1) is 14.2 Å². The Morgan fingerprint density at radius 1 is 1.00 bits per heavy atom. The van der Waals surface area contributed by atoms with Gasteiger partial charge >= 0.3 is 0 Å². The molecule has 2 rings (SSSR count). The molecule has 0 aliphatic carbocycles. The van der Waals surface area contributed by atoms with Gasteiger partial charge in [0.25, 0.3) is 0 Å². The van der Waals surface area contributed by atoms with E-state index in [-0.39, 0.29) is 0 Å². The van der Waals surface area contributed by atoms with Gasteiger partial charge in [0.1, 0.15) is 11.5 Å². The highest BCUT2D eigenvalue weighted by Crippen LogP contribution is 2.33. The van der Waals surface area contributed by atoms with E-state index in [1.54, 1.807) is 14.2 Å². The lowest BCUT2D eigenvalue weighted by molar-refractivity contribution is 0.394. The van der Waals surface area contributed by atoms with E-state index in [2.05, 4.69) is 43.4 Å². The first-order valence-electron chi connectivity index (χ1n) is 7.25. The van der Waals surface area contributed by atoms with E-state index in [4.69, 9.17) is 9.47 Å². The average molecular weight is 285 g/mol. The highest BCUT2D eigenvalue weighted by atomic mass is 16.5. The van der Waals surface area contributed by atoms with Crippen molar-refractivity contribution in [3.8, 4) is 22.6 Å². The third-order valence-electron chi connectivity index (χ3n) is 3.60. The predicted molar refractivity (Wildman–Crippen MR) is 87.1 cm³/mol. The molecule has 1 N–H and O–H groups in total. The van der Waals surface area contributed by atoms with Crippen LogP contribution >= 0.6 is 0 Å². The van der Waals surface area contributed by atoms with Gasteiger partial charge in [-0.15, -0.1) is 0 Å². The molecule has 0 heterocycles. The van der Waals surface area contributed by atoms with Crippen molar-refractivity contribution in [2.45, 2.75) is 19.9 Å². The molecule has 0 fully saturated rings. The van der Waals surface area contributed by atoms with Gasteiger partial charge < -0.3 is 14.8 Å². The zero-order valence-corrected chi connectivity index (χ0v) is 13.1. The summed E-state index contributed by atoms with van der Waals surface area (Å²) in [7, 11) is 3.34. The lowest BCUT2D eigenvalue weighted by atomic mass is 9.95. The maximum atomic E-state index is 5.37. The van der Waals surface area contributed by atoms with Gasteiger partial charge in [0, 0.05) is 12.1 Å². The van der Waals surface area contributed by atoms with E-state index in [0.29, 0.717) is 6.04 Å². The summed E-state index contributed by atoms with van der Waals surface area (Å²) >= 11 is 0. The van der Waals surface area contributed by atoms with E-state index in [1.165, 1.54) is 11.1 Å². The van der Waals surface area contributed by atoms with Gasteiger partial charge in [-0.2, -0.15) is 0 Å². The zero-order valence-electron chi connectivity index (χ0n) is 13.1. The smallest absolute Gasteiger partial charge is 0.123 e. The zero-order chi connectivity index (χ0) is 15.2. The molecule has 0 bridgehead atoms. The normalized spacial score (nSPS) is 12.0. The minimum atomic E-state index is 0.295. The van der Waals surface area contributed by atoms with Gasteiger partial charge in [0.15, 0.2) is 0 Å². The maximum absolute atomic E-state index is 5.37. The van der Waals surface area contributed by atoms with Gasteiger partial charge in [-0.25, -0.2) is 0 Å². The minimum Gasteiger partial charge on any atom is -0.497 e. The number of benzene rings is 2. The number of rotatable bonds is 6. The Labute approximate surface area is 126 Å².